The van der Waals surface area contributed by atoms with E-state index in [1.54, 1.807) is 0 Å². The molecule has 2 rings (SSSR count). The molecule has 1 aliphatic heterocycles. The highest BCUT2D eigenvalue weighted by Gasteiger charge is 2.42. The number of ether oxygens (including phenoxy) is 1. The maximum absolute atomic E-state index is 12.7. The lowest BCUT2D eigenvalue weighted by Gasteiger charge is -2.25. The highest BCUT2D eigenvalue weighted by molar-refractivity contribution is 5.72. The Morgan fingerprint density at radius 3 is 1.81 bits per heavy atom. The Kier molecular flexibility index (Phi) is 3.46. The lowest BCUT2D eigenvalue weighted by Crippen LogP contribution is -2.23. The molecule has 1 aliphatic rings. The predicted molar refractivity (Wildman–Crippen MR) is 59.1 cm³/mol. The van der Waals surface area contributed by atoms with Crippen LogP contribution in [0.15, 0.2) is 18.2 Å². The van der Waals surface area contributed by atoms with Crippen molar-refractivity contribution in [3.63, 3.8) is 0 Å². The number of alkyl halides is 6. The van der Waals surface area contributed by atoms with Crippen molar-refractivity contribution in [2.24, 2.45) is 0 Å². The van der Waals surface area contributed by atoms with Crippen LogP contribution >= 0.6 is 0 Å². The van der Waals surface area contributed by atoms with Gasteiger partial charge in [0.05, 0.1) is 11.1 Å². The van der Waals surface area contributed by atoms with E-state index in [1.165, 1.54) is 6.92 Å². The summed E-state index contributed by atoms with van der Waals surface area (Å²) in [7, 11) is 0. The average molecular weight is 312 g/mol. The van der Waals surface area contributed by atoms with Crippen molar-refractivity contribution in [3.05, 3.63) is 34.9 Å². The molecule has 0 saturated carbocycles. The van der Waals surface area contributed by atoms with Crippen LogP contribution in [0.3, 0.4) is 0 Å². The van der Waals surface area contributed by atoms with Gasteiger partial charge in [0.25, 0.3) is 0 Å². The molecule has 1 aromatic rings. The Bertz CT molecular complexity index is 543. The van der Waals surface area contributed by atoms with Gasteiger partial charge in [-0.15, -0.1) is 0 Å². The average Bonchev–Trinajstić information content (AvgIpc) is 2.68. The first-order valence-corrected chi connectivity index (χ1v) is 5.94. The number of hydrogen-bond acceptors (Lipinski definition) is 2. The Balaban J connectivity index is 2.58. The summed E-state index contributed by atoms with van der Waals surface area (Å²) in [5.74, 6) is -0.650. The molecule has 2 nitrogen and oxygen atoms in total. The third-order valence-corrected chi connectivity index (χ3v) is 3.34. The zero-order valence-electron chi connectivity index (χ0n) is 10.7. The van der Waals surface area contributed by atoms with Crippen LogP contribution in [0.5, 0.6) is 0 Å². The van der Waals surface area contributed by atoms with Gasteiger partial charge in [-0.05, 0) is 30.7 Å². The fraction of sp³-hybridized carbons (Fsp3) is 0.462. The van der Waals surface area contributed by atoms with Crippen molar-refractivity contribution < 1.29 is 35.9 Å². The smallest absolute Gasteiger partial charge is 0.416 e. The number of carbonyl (C=O) groups is 1. The zero-order valence-corrected chi connectivity index (χ0v) is 10.7. The Hall–Kier alpha value is -1.73. The van der Waals surface area contributed by atoms with Crippen molar-refractivity contribution in [2.75, 3.05) is 0 Å². The van der Waals surface area contributed by atoms with Gasteiger partial charge in [0.2, 0.25) is 0 Å². The first kappa shape index (κ1) is 15.7. The van der Waals surface area contributed by atoms with E-state index in [2.05, 4.69) is 0 Å². The van der Waals surface area contributed by atoms with Gasteiger partial charge in [0, 0.05) is 12.8 Å². The molecule has 8 heteroatoms. The molecule has 0 spiro atoms. The molecule has 1 atom stereocenters. The minimum atomic E-state index is -4.92. The second-order valence-corrected chi connectivity index (χ2v) is 5.00. The van der Waals surface area contributed by atoms with E-state index in [0.29, 0.717) is 12.1 Å². The summed E-state index contributed by atoms with van der Waals surface area (Å²) < 4.78 is 81.4. The molecule has 116 valence electrons. The Labute approximate surface area is 115 Å². The monoisotopic (exact) mass is 312 g/mol. The van der Waals surface area contributed by atoms with Gasteiger partial charge in [0.15, 0.2) is 0 Å². The molecule has 0 N–H and O–H groups in total. The molecule has 0 aliphatic carbocycles. The molecule has 0 bridgehead atoms. The van der Waals surface area contributed by atoms with Gasteiger partial charge >= 0.3 is 18.3 Å². The Morgan fingerprint density at radius 1 is 1.00 bits per heavy atom. The lowest BCUT2D eigenvalue weighted by molar-refractivity contribution is -0.148. The second kappa shape index (κ2) is 4.64. The minimum Gasteiger partial charge on any atom is -0.454 e. The summed E-state index contributed by atoms with van der Waals surface area (Å²) in [5, 5.41) is 0. The SMILES string of the molecule is CC1(c2cc(C(F)(F)F)cc(C(F)(F)F)c2)CCC(=O)O1. The van der Waals surface area contributed by atoms with E-state index in [9.17, 15) is 31.1 Å². The topological polar surface area (TPSA) is 26.3 Å². The van der Waals surface area contributed by atoms with Crippen LogP contribution < -0.4 is 0 Å². The summed E-state index contributed by atoms with van der Waals surface area (Å²) >= 11 is 0. The van der Waals surface area contributed by atoms with Crippen LogP contribution in [-0.2, 0) is 27.5 Å². The van der Waals surface area contributed by atoms with Crippen molar-refractivity contribution >= 4 is 5.97 Å². The molecule has 1 unspecified atom stereocenters. The van der Waals surface area contributed by atoms with E-state index >= 15 is 0 Å². The van der Waals surface area contributed by atoms with Crippen molar-refractivity contribution in [3.8, 4) is 0 Å². The third kappa shape index (κ3) is 3.14. The van der Waals surface area contributed by atoms with Crippen LogP contribution in [0.4, 0.5) is 26.3 Å². The third-order valence-electron chi connectivity index (χ3n) is 3.34. The number of cyclic esters (lactones) is 1. The van der Waals surface area contributed by atoms with Crippen LogP contribution in [0.1, 0.15) is 36.5 Å². The predicted octanol–water partition coefficient (Wildman–Crippen LogP) is 4.28. The van der Waals surface area contributed by atoms with E-state index < -0.39 is 35.0 Å². The van der Waals surface area contributed by atoms with Crippen LogP contribution in [0.25, 0.3) is 0 Å². The highest BCUT2D eigenvalue weighted by Crippen LogP contribution is 2.42. The van der Waals surface area contributed by atoms with Crippen LogP contribution in [-0.4, -0.2) is 5.97 Å². The van der Waals surface area contributed by atoms with Crippen molar-refractivity contribution in [2.45, 2.75) is 37.7 Å². The van der Waals surface area contributed by atoms with Crippen LogP contribution in [0, 0.1) is 0 Å². The van der Waals surface area contributed by atoms with Gasteiger partial charge in [0.1, 0.15) is 5.60 Å². The van der Waals surface area contributed by atoms with Gasteiger partial charge in [-0.2, -0.15) is 26.3 Å². The molecule has 0 amide bonds. The van der Waals surface area contributed by atoms with E-state index in [4.69, 9.17) is 4.74 Å². The summed E-state index contributed by atoms with van der Waals surface area (Å²) in [6.45, 7) is 1.30. The summed E-state index contributed by atoms with van der Waals surface area (Å²) in [4.78, 5) is 11.1. The minimum absolute atomic E-state index is 0.0322. The largest absolute Gasteiger partial charge is 0.454 e. The lowest BCUT2D eigenvalue weighted by atomic mass is 9.90. The summed E-state index contributed by atoms with van der Waals surface area (Å²) in [6.07, 6.45) is -9.86. The van der Waals surface area contributed by atoms with E-state index in [1.807, 2.05) is 0 Å². The maximum Gasteiger partial charge on any atom is 0.416 e. The van der Waals surface area contributed by atoms with Gasteiger partial charge < -0.3 is 4.74 Å². The van der Waals surface area contributed by atoms with E-state index in [0.717, 1.165) is 0 Å². The molecular formula is C13H10F6O2. The molecular weight excluding hydrogens is 302 g/mol. The number of hydrogen-bond donors (Lipinski definition) is 0. The molecule has 0 radical (unpaired) electrons. The summed E-state index contributed by atoms with van der Waals surface area (Å²) in [6, 6.07) is 1.23. The number of esters is 1. The fourth-order valence-electron chi connectivity index (χ4n) is 2.16. The first-order valence-electron chi connectivity index (χ1n) is 5.94. The number of carbonyl (C=O) groups excluding carboxylic acids is 1. The molecule has 1 fully saturated rings. The van der Waals surface area contributed by atoms with Crippen LogP contribution in [0.2, 0.25) is 0 Å². The van der Waals surface area contributed by atoms with Crippen molar-refractivity contribution in [1.82, 2.24) is 0 Å². The van der Waals surface area contributed by atoms with Crippen molar-refractivity contribution in [1.29, 1.82) is 0 Å². The quantitative estimate of drug-likeness (QED) is 0.571. The molecule has 1 saturated heterocycles. The molecule has 0 aromatic heterocycles. The number of rotatable bonds is 1. The summed E-state index contributed by atoms with van der Waals surface area (Å²) in [5.41, 5.74) is -4.62. The van der Waals surface area contributed by atoms with Gasteiger partial charge in [-0.3, -0.25) is 4.79 Å². The fourth-order valence-corrected chi connectivity index (χ4v) is 2.16. The standard InChI is InChI=1S/C13H10F6O2/c1-11(3-2-10(20)21-11)7-4-8(12(14,15)16)6-9(5-7)13(17,18)19/h4-6H,2-3H2,1H3. The Morgan fingerprint density at radius 2 is 1.48 bits per heavy atom. The van der Waals surface area contributed by atoms with Gasteiger partial charge in [-0.25, -0.2) is 0 Å². The number of halogens is 6. The van der Waals surface area contributed by atoms with Gasteiger partial charge in [-0.1, -0.05) is 0 Å². The highest BCUT2D eigenvalue weighted by atomic mass is 19.4. The normalized spacial score (nSPS) is 23.3. The maximum atomic E-state index is 12.7. The van der Waals surface area contributed by atoms with E-state index in [-0.39, 0.29) is 24.5 Å². The second-order valence-electron chi connectivity index (χ2n) is 5.00. The zero-order chi connectivity index (χ0) is 16.1. The first-order chi connectivity index (χ1) is 9.42. The molecule has 1 aromatic carbocycles. The number of benzene rings is 1. The molecule has 21 heavy (non-hydrogen) atoms. The molecule has 1 heterocycles.